The van der Waals surface area contributed by atoms with Crippen molar-refractivity contribution >= 4 is 11.8 Å². The van der Waals surface area contributed by atoms with Crippen LogP contribution in [0.1, 0.15) is 30.0 Å². The summed E-state index contributed by atoms with van der Waals surface area (Å²) in [7, 11) is 1.81. The highest BCUT2D eigenvalue weighted by molar-refractivity contribution is 8.00. The highest BCUT2D eigenvalue weighted by Gasteiger charge is 2.28. The van der Waals surface area contributed by atoms with E-state index in [1.54, 1.807) is 26.1 Å². The fraction of sp³-hybridized carbons (Fsp3) is 0.538. The molecule has 1 aliphatic heterocycles. The zero-order chi connectivity index (χ0) is 12.4. The van der Waals surface area contributed by atoms with Crippen LogP contribution >= 0.6 is 11.8 Å². The van der Waals surface area contributed by atoms with E-state index in [1.807, 2.05) is 11.8 Å². The van der Waals surface area contributed by atoms with Gasteiger partial charge in [0.1, 0.15) is 0 Å². The van der Waals surface area contributed by atoms with Crippen LogP contribution in [0.3, 0.4) is 0 Å². The molecule has 2 atom stereocenters. The first-order chi connectivity index (χ1) is 8.15. The molecule has 1 saturated heterocycles. The molecule has 1 aromatic carbocycles. The first-order valence-corrected chi connectivity index (χ1v) is 6.93. The van der Waals surface area contributed by atoms with Gasteiger partial charge in [-0.1, -0.05) is 12.1 Å². The molecule has 17 heavy (non-hydrogen) atoms. The van der Waals surface area contributed by atoms with E-state index < -0.39 is 11.6 Å². The number of rotatable bonds is 3. The van der Waals surface area contributed by atoms with E-state index >= 15 is 0 Å². The third kappa shape index (κ3) is 2.47. The summed E-state index contributed by atoms with van der Waals surface area (Å²) in [6.45, 7) is 1.58. The van der Waals surface area contributed by atoms with Crippen LogP contribution in [0.2, 0.25) is 0 Å². The quantitative estimate of drug-likeness (QED) is 0.890. The topological polar surface area (TPSA) is 12.0 Å². The highest BCUT2D eigenvalue weighted by atomic mass is 32.2. The van der Waals surface area contributed by atoms with Crippen molar-refractivity contribution in [3.63, 3.8) is 0 Å². The predicted molar refractivity (Wildman–Crippen MR) is 68.4 cm³/mol. The van der Waals surface area contributed by atoms with Gasteiger partial charge in [0, 0.05) is 16.9 Å². The van der Waals surface area contributed by atoms with E-state index in [4.69, 9.17) is 0 Å². The molecule has 0 aromatic heterocycles. The largest absolute Gasteiger partial charge is 0.312 e. The van der Waals surface area contributed by atoms with Crippen molar-refractivity contribution in [2.75, 3.05) is 12.8 Å². The summed E-state index contributed by atoms with van der Waals surface area (Å²) in [4.78, 5) is 0. The average molecular weight is 257 g/mol. The van der Waals surface area contributed by atoms with Crippen LogP contribution in [0.15, 0.2) is 12.1 Å². The molecule has 0 radical (unpaired) electrons. The lowest BCUT2D eigenvalue weighted by Crippen LogP contribution is -2.27. The number of benzene rings is 1. The summed E-state index contributed by atoms with van der Waals surface area (Å²) in [6, 6.07) is 3.25. The van der Waals surface area contributed by atoms with Crippen LogP contribution in [0.25, 0.3) is 0 Å². The molecular formula is C13H17F2NS. The van der Waals surface area contributed by atoms with Crippen molar-refractivity contribution in [3.8, 4) is 0 Å². The highest BCUT2D eigenvalue weighted by Crippen LogP contribution is 2.37. The third-order valence-corrected chi connectivity index (χ3v) is 4.75. The normalized spacial score (nSPS) is 21.8. The maximum atomic E-state index is 13.9. The maximum Gasteiger partial charge on any atom is 0.163 e. The van der Waals surface area contributed by atoms with Gasteiger partial charge >= 0.3 is 0 Å². The van der Waals surface area contributed by atoms with Gasteiger partial charge in [0.15, 0.2) is 11.6 Å². The Morgan fingerprint density at radius 3 is 2.71 bits per heavy atom. The Morgan fingerprint density at radius 2 is 2.12 bits per heavy atom. The second-order valence-corrected chi connectivity index (χ2v) is 5.76. The minimum Gasteiger partial charge on any atom is -0.312 e. The van der Waals surface area contributed by atoms with E-state index in [0.717, 1.165) is 18.6 Å². The lowest BCUT2D eigenvalue weighted by atomic mass is 9.99. The Balaban J connectivity index is 2.33. The molecule has 1 heterocycles. The van der Waals surface area contributed by atoms with E-state index in [-0.39, 0.29) is 6.04 Å². The van der Waals surface area contributed by atoms with Gasteiger partial charge in [-0.05, 0) is 38.1 Å². The smallest absolute Gasteiger partial charge is 0.163 e. The number of hydrogen-bond acceptors (Lipinski definition) is 2. The Labute approximate surface area is 105 Å². The minimum absolute atomic E-state index is 0.0994. The van der Waals surface area contributed by atoms with Gasteiger partial charge in [0.05, 0.1) is 0 Å². The van der Waals surface area contributed by atoms with Crippen molar-refractivity contribution < 1.29 is 8.78 Å². The first-order valence-electron chi connectivity index (χ1n) is 5.88. The predicted octanol–water partition coefficient (Wildman–Crippen LogP) is 3.43. The number of hydrogen-bond donors (Lipinski definition) is 1. The van der Waals surface area contributed by atoms with E-state index in [2.05, 4.69) is 5.32 Å². The molecule has 1 N–H and O–H groups in total. The molecule has 0 bridgehead atoms. The van der Waals surface area contributed by atoms with Crippen molar-refractivity contribution in [2.45, 2.75) is 31.1 Å². The van der Waals surface area contributed by atoms with Crippen molar-refractivity contribution in [3.05, 3.63) is 34.9 Å². The van der Waals surface area contributed by atoms with Gasteiger partial charge in [-0.2, -0.15) is 11.8 Å². The standard InChI is InChI=1S/C13H17F2NS/c1-8-5-6-9(12(15)11(8)14)13(16-2)10-4-3-7-17-10/h5-6,10,13,16H,3-4,7H2,1-2H3. The maximum absolute atomic E-state index is 13.9. The van der Waals surface area contributed by atoms with Crippen LogP contribution in [0, 0.1) is 18.6 Å². The summed E-state index contributed by atoms with van der Waals surface area (Å²) < 4.78 is 27.5. The van der Waals surface area contributed by atoms with Gasteiger partial charge in [0.2, 0.25) is 0 Å². The molecule has 0 spiro atoms. The summed E-state index contributed by atoms with van der Waals surface area (Å²) in [6.07, 6.45) is 2.22. The van der Waals surface area contributed by atoms with Crippen molar-refractivity contribution in [1.82, 2.24) is 5.32 Å². The van der Waals surface area contributed by atoms with Crippen LogP contribution in [0.5, 0.6) is 0 Å². The lowest BCUT2D eigenvalue weighted by Gasteiger charge is -2.23. The molecule has 4 heteroatoms. The monoisotopic (exact) mass is 257 g/mol. The number of halogens is 2. The Kier molecular flexibility index (Phi) is 4.05. The Hall–Kier alpha value is -0.610. The van der Waals surface area contributed by atoms with E-state index in [1.165, 1.54) is 0 Å². The SMILES string of the molecule is CNC(c1ccc(C)c(F)c1F)C1CCCS1. The molecule has 1 aliphatic rings. The van der Waals surface area contributed by atoms with E-state index in [9.17, 15) is 8.78 Å². The van der Waals surface area contributed by atoms with Crippen molar-refractivity contribution in [1.29, 1.82) is 0 Å². The fourth-order valence-electron chi connectivity index (χ4n) is 2.31. The van der Waals surface area contributed by atoms with Crippen molar-refractivity contribution in [2.24, 2.45) is 0 Å². The van der Waals surface area contributed by atoms with Gasteiger partial charge < -0.3 is 5.32 Å². The van der Waals surface area contributed by atoms with Gasteiger partial charge in [-0.15, -0.1) is 0 Å². The molecule has 1 aromatic rings. The number of aryl methyl sites for hydroxylation is 1. The number of nitrogens with one attached hydrogen (secondary N) is 1. The molecule has 2 unspecified atom stereocenters. The summed E-state index contributed by atoms with van der Waals surface area (Å²) in [5, 5.41) is 3.46. The second kappa shape index (κ2) is 5.36. The molecule has 0 aliphatic carbocycles. The van der Waals surface area contributed by atoms with Gasteiger partial charge in [-0.3, -0.25) is 0 Å². The van der Waals surface area contributed by atoms with Crippen LogP contribution in [0.4, 0.5) is 8.78 Å². The molecule has 0 saturated carbocycles. The lowest BCUT2D eigenvalue weighted by molar-refractivity contribution is 0.462. The summed E-state index contributed by atoms with van der Waals surface area (Å²) >= 11 is 1.84. The molecule has 2 rings (SSSR count). The van der Waals surface area contributed by atoms with Gasteiger partial charge in [-0.25, -0.2) is 8.78 Å². The number of thioether (sulfide) groups is 1. The fourth-order valence-corrected chi connectivity index (χ4v) is 3.75. The minimum atomic E-state index is -0.717. The zero-order valence-electron chi connectivity index (χ0n) is 10.1. The second-order valence-electron chi connectivity index (χ2n) is 4.42. The zero-order valence-corrected chi connectivity index (χ0v) is 10.9. The van der Waals surface area contributed by atoms with Crippen LogP contribution in [-0.2, 0) is 0 Å². The van der Waals surface area contributed by atoms with Crippen LogP contribution < -0.4 is 5.32 Å². The first kappa shape index (κ1) is 12.8. The molecule has 94 valence electrons. The third-order valence-electron chi connectivity index (χ3n) is 3.29. The van der Waals surface area contributed by atoms with E-state index in [0.29, 0.717) is 16.4 Å². The molecule has 1 fully saturated rings. The van der Waals surface area contributed by atoms with Crippen LogP contribution in [-0.4, -0.2) is 18.1 Å². The Bertz CT molecular complexity index is 403. The Morgan fingerprint density at radius 1 is 1.35 bits per heavy atom. The summed E-state index contributed by atoms with van der Waals surface area (Å²) in [5.41, 5.74) is 0.815. The molecule has 0 amide bonds. The molecular weight excluding hydrogens is 240 g/mol. The average Bonchev–Trinajstić information content (AvgIpc) is 2.84. The summed E-state index contributed by atoms with van der Waals surface area (Å²) in [5.74, 6) is -0.304. The van der Waals surface area contributed by atoms with Gasteiger partial charge in [0.25, 0.3) is 0 Å². The molecule has 1 nitrogen and oxygen atoms in total.